The van der Waals surface area contributed by atoms with Crippen molar-refractivity contribution < 1.29 is 19.1 Å². The lowest BCUT2D eigenvalue weighted by atomic mass is 9.97. The molecule has 1 aromatic heterocycles. The van der Waals surface area contributed by atoms with Gasteiger partial charge in [-0.05, 0) is 43.9 Å². The first-order valence-electron chi connectivity index (χ1n) is 10.7. The van der Waals surface area contributed by atoms with Gasteiger partial charge < -0.3 is 14.5 Å². The normalized spacial score (nSPS) is 14.3. The van der Waals surface area contributed by atoms with Crippen molar-refractivity contribution in [2.75, 3.05) is 33.3 Å². The first-order valence-corrected chi connectivity index (χ1v) is 10.7. The predicted molar refractivity (Wildman–Crippen MR) is 115 cm³/mol. The Morgan fingerprint density at radius 1 is 1.16 bits per heavy atom. The van der Waals surface area contributed by atoms with E-state index in [0.717, 1.165) is 11.3 Å². The number of piperidine rings is 1. The van der Waals surface area contributed by atoms with Gasteiger partial charge in [-0.3, -0.25) is 14.4 Å². The van der Waals surface area contributed by atoms with E-state index in [0.29, 0.717) is 45.4 Å². The molecule has 0 unspecified atom stereocenters. The molecular weight excluding hydrogens is 396 g/mol. The minimum Gasteiger partial charge on any atom is -0.466 e. The minimum absolute atomic E-state index is 0.0478. The van der Waals surface area contributed by atoms with E-state index in [4.69, 9.17) is 4.74 Å². The number of hydrogen-bond donors (Lipinski definition) is 0. The van der Waals surface area contributed by atoms with Crippen LogP contribution in [0.5, 0.6) is 0 Å². The fourth-order valence-corrected chi connectivity index (χ4v) is 3.67. The molecule has 1 saturated heterocycles. The quantitative estimate of drug-likeness (QED) is 0.604. The molecule has 8 heteroatoms. The number of benzene rings is 1. The number of amides is 2. The van der Waals surface area contributed by atoms with Gasteiger partial charge in [0.05, 0.1) is 31.0 Å². The molecule has 3 rings (SSSR count). The summed E-state index contributed by atoms with van der Waals surface area (Å²) >= 11 is 0. The lowest BCUT2D eigenvalue weighted by Crippen LogP contribution is -2.45. The molecular formula is C23H30N4O4. The van der Waals surface area contributed by atoms with E-state index in [1.165, 1.54) is 4.90 Å². The Kier molecular flexibility index (Phi) is 7.81. The van der Waals surface area contributed by atoms with Gasteiger partial charge in [-0.25, -0.2) is 4.68 Å². The van der Waals surface area contributed by atoms with Crippen LogP contribution in [0.25, 0.3) is 5.69 Å². The van der Waals surface area contributed by atoms with Crippen molar-refractivity contribution >= 4 is 17.8 Å². The first kappa shape index (κ1) is 22.5. The van der Waals surface area contributed by atoms with Gasteiger partial charge in [0.25, 0.3) is 0 Å². The highest BCUT2D eigenvalue weighted by Crippen LogP contribution is 2.19. The number of nitrogens with zero attached hydrogens (tertiary/aromatic N) is 4. The number of likely N-dealkylation sites (N-methyl/N-ethyl adjacent to an activating group) is 1. The summed E-state index contributed by atoms with van der Waals surface area (Å²) in [5, 5.41) is 4.35. The highest BCUT2D eigenvalue weighted by atomic mass is 16.5. The summed E-state index contributed by atoms with van der Waals surface area (Å²) < 4.78 is 6.85. The number of likely N-dealkylation sites (tertiary alicyclic amines) is 1. The number of ether oxygens (including phenoxy) is 1. The summed E-state index contributed by atoms with van der Waals surface area (Å²) in [7, 11) is 1.65. The molecule has 0 aliphatic carbocycles. The van der Waals surface area contributed by atoms with E-state index in [1.807, 2.05) is 36.5 Å². The average Bonchev–Trinajstić information content (AvgIpc) is 3.27. The van der Waals surface area contributed by atoms with E-state index in [2.05, 4.69) is 5.10 Å². The molecule has 166 valence electrons. The molecule has 0 spiro atoms. The van der Waals surface area contributed by atoms with E-state index in [-0.39, 0.29) is 30.2 Å². The Morgan fingerprint density at radius 2 is 1.87 bits per heavy atom. The van der Waals surface area contributed by atoms with Crippen molar-refractivity contribution in [3.05, 3.63) is 48.3 Å². The summed E-state index contributed by atoms with van der Waals surface area (Å²) in [6, 6.07) is 9.79. The van der Waals surface area contributed by atoms with E-state index < -0.39 is 0 Å². The summed E-state index contributed by atoms with van der Waals surface area (Å²) in [5.74, 6) is -0.491. The van der Waals surface area contributed by atoms with E-state index in [9.17, 15) is 14.4 Å². The van der Waals surface area contributed by atoms with Crippen molar-refractivity contribution in [2.24, 2.45) is 5.92 Å². The van der Waals surface area contributed by atoms with Gasteiger partial charge >= 0.3 is 5.97 Å². The highest BCUT2D eigenvalue weighted by Gasteiger charge is 2.28. The molecule has 1 aromatic carbocycles. The number of aryl methyl sites for hydroxylation is 1. The second kappa shape index (κ2) is 10.7. The fraction of sp³-hybridized carbons (Fsp3) is 0.478. The van der Waals surface area contributed by atoms with Crippen LogP contribution in [-0.4, -0.2) is 70.7 Å². The Bertz CT molecular complexity index is 888. The maximum atomic E-state index is 12.6. The molecule has 1 aliphatic heterocycles. The molecule has 0 atom stereocenters. The van der Waals surface area contributed by atoms with Crippen molar-refractivity contribution in [3.63, 3.8) is 0 Å². The summed E-state index contributed by atoms with van der Waals surface area (Å²) in [6.45, 7) is 3.24. The molecule has 1 aliphatic rings. The van der Waals surface area contributed by atoms with Gasteiger partial charge in [-0.15, -0.1) is 0 Å². The van der Waals surface area contributed by atoms with E-state index >= 15 is 0 Å². The topological polar surface area (TPSA) is 84.7 Å². The minimum atomic E-state index is -0.183. The summed E-state index contributed by atoms with van der Waals surface area (Å²) in [5.41, 5.74) is 1.94. The SMILES string of the molecule is CCOC(=O)C1CCN(C(=O)CN(C)C(=O)CCc2cnn(-c3ccccc3)c2)CC1. The second-order valence-electron chi connectivity index (χ2n) is 7.79. The van der Waals surface area contributed by atoms with Crippen molar-refractivity contribution in [1.29, 1.82) is 0 Å². The molecule has 1 fully saturated rings. The lowest BCUT2D eigenvalue weighted by molar-refractivity contribution is -0.151. The molecule has 2 amide bonds. The molecule has 0 saturated carbocycles. The standard InChI is InChI=1S/C23H30N4O4/c1-3-31-23(30)19-11-13-26(14-12-19)22(29)17-25(2)21(28)10-9-18-15-24-27(16-18)20-7-5-4-6-8-20/h4-8,15-16,19H,3,9-14,17H2,1-2H3. The van der Waals surface area contributed by atoms with Gasteiger partial charge in [0.2, 0.25) is 11.8 Å². The largest absolute Gasteiger partial charge is 0.466 e. The van der Waals surface area contributed by atoms with Gasteiger partial charge in [0, 0.05) is 32.8 Å². The summed E-state index contributed by atoms with van der Waals surface area (Å²) in [4.78, 5) is 40.1. The zero-order valence-electron chi connectivity index (χ0n) is 18.2. The molecule has 0 radical (unpaired) electrons. The van der Waals surface area contributed by atoms with Crippen LogP contribution in [0, 0.1) is 5.92 Å². The van der Waals surface area contributed by atoms with Crippen LogP contribution < -0.4 is 0 Å². The van der Waals surface area contributed by atoms with Crippen LogP contribution in [0.3, 0.4) is 0 Å². The second-order valence-corrected chi connectivity index (χ2v) is 7.79. The van der Waals surface area contributed by atoms with Crippen LogP contribution in [0.15, 0.2) is 42.7 Å². The van der Waals surface area contributed by atoms with Gasteiger partial charge in [-0.2, -0.15) is 5.10 Å². The number of rotatable bonds is 8. The van der Waals surface area contributed by atoms with Crippen molar-refractivity contribution in [3.8, 4) is 5.69 Å². The number of hydrogen-bond acceptors (Lipinski definition) is 5. The number of para-hydroxylation sites is 1. The van der Waals surface area contributed by atoms with E-state index in [1.54, 1.807) is 29.7 Å². The third kappa shape index (κ3) is 6.16. The lowest BCUT2D eigenvalue weighted by Gasteiger charge is -2.32. The Labute approximate surface area is 182 Å². The zero-order valence-corrected chi connectivity index (χ0v) is 18.2. The number of aromatic nitrogens is 2. The van der Waals surface area contributed by atoms with Crippen LogP contribution in [-0.2, 0) is 25.5 Å². The zero-order chi connectivity index (χ0) is 22.2. The van der Waals surface area contributed by atoms with Crippen LogP contribution in [0.1, 0.15) is 31.7 Å². The molecule has 8 nitrogen and oxygen atoms in total. The first-order chi connectivity index (χ1) is 15.0. The number of carbonyl (C=O) groups is 3. The third-order valence-corrected chi connectivity index (χ3v) is 5.55. The molecule has 2 aromatic rings. The van der Waals surface area contributed by atoms with Crippen molar-refractivity contribution in [1.82, 2.24) is 19.6 Å². The van der Waals surface area contributed by atoms with Crippen LogP contribution in [0.2, 0.25) is 0 Å². The van der Waals surface area contributed by atoms with Gasteiger partial charge in [-0.1, -0.05) is 18.2 Å². The number of esters is 1. The van der Waals surface area contributed by atoms with Gasteiger partial charge in [0.1, 0.15) is 0 Å². The Hall–Kier alpha value is -3.16. The third-order valence-electron chi connectivity index (χ3n) is 5.55. The molecule has 0 N–H and O–H groups in total. The highest BCUT2D eigenvalue weighted by molar-refractivity contribution is 5.85. The smallest absolute Gasteiger partial charge is 0.309 e. The number of carbonyl (C=O) groups excluding carboxylic acids is 3. The Morgan fingerprint density at radius 3 is 2.55 bits per heavy atom. The maximum absolute atomic E-state index is 12.6. The van der Waals surface area contributed by atoms with Gasteiger partial charge in [0.15, 0.2) is 0 Å². The molecule has 0 bridgehead atoms. The van der Waals surface area contributed by atoms with Crippen LogP contribution in [0.4, 0.5) is 0 Å². The average molecular weight is 427 g/mol. The Balaban J connectivity index is 1.42. The summed E-state index contributed by atoms with van der Waals surface area (Å²) in [6.07, 6.45) is 5.77. The monoisotopic (exact) mass is 426 g/mol. The van der Waals surface area contributed by atoms with Crippen molar-refractivity contribution in [2.45, 2.75) is 32.6 Å². The van der Waals surface area contributed by atoms with Crippen LogP contribution >= 0.6 is 0 Å². The predicted octanol–water partition coefficient (Wildman–Crippen LogP) is 2.07. The fourth-order valence-electron chi connectivity index (χ4n) is 3.67. The maximum Gasteiger partial charge on any atom is 0.309 e. The molecule has 2 heterocycles. The molecule has 31 heavy (non-hydrogen) atoms.